The zero-order valence-corrected chi connectivity index (χ0v) is 13.2. The molecule has 3 aromatic rings. The molecule has 0 aliphatic heterocycles. The maximum atomic E-state index is 11.7. The highest BCUT2D eigenvalue weighted by molar-refractivity contribution is 6.05. The molecule has 6 heteroatoms. The zero-order chi connectivity index (χ0) is 16.1. The van der Waals surface area contributed by atoms with Crippen LogP contribution in [0.3, 0.4) is 0 Å². The molecule has 6 nitrogen and oxygen atoms in total. The van der Waals surface area contributed by atoms with Crippen molar-refractivity contribution in [2.75, 3.05) is 0 Å². The summed E-state index contributed by atoms with van der Waals surface area (Å²) in [6.07, 6.45) is 1.88. The fraction of sp³-hybridized carbons (Fsp3) is 0.312. The van der Waals surface area contributed by atoms with Crippen LogP contribution in [0.4, 0.5) is 0 Å². The smallest absolute Gasteiger partial charge is 0.269 e. The SMILES string of the molecule is Cn1ccc(-c2ccc3c(c2)c(C(N)=O)nn3C(C)(C)C)n1. The minimum absolute atomic E-state index is 0.238. The van der Waals surface area contributed by atoms with Crippen LogP contribution in [-0.2, 0) is 12.6 Å². The second-order valence-electron chi connectivity index (χ2n) is 6.40. The second kappa shape index (κ2) is 4.69. The molecule has 0 bridgehead atoms. The van der Waals surface area contributed by atoms with E-state index in [2.05, 4.69) is 10.2 Å². The number of hydrogen-bond acceptors (Lipinski definition) is 3. The Morgan fingerprint density at radius 3 is 2.45 bits per heavy atom. The number of carbonyl (C=O) groups is 1. The summed E-state index contributed by atoms with van der Waals surface area (Å²) in [5.74, 6) is -0.522. The third-order valence-corrected chi connectivity index (χ3v) is 3.56. The molecule has 0 saturated carbocycles. The molecule has 0 fully saturated rings. The van der Waals surface area contributed by atoms with Gasteiger partial charge in [-0.15, -0.1) is 0 Å². The summed E-state index contributed by atoms with van der Waals surface area (Å²) in [7, 11) is 1.87. The first-order valence-electron chi connectivity index (χ1n) is 7.10. The fourth-order valence-electron chi connectivity index (χ4n) is 2.54. The molecule has 0 spiro atoms. The van der Waals surface area contributed by atoms with E-state index in [1.165, 1.54) is 0 Å². The highest BCUT2D eigenvalue weighted by Gasteiger charge is 2.22. The van der Waals surface area contributed by atoms with E-state index in [4.69, 9.17) is 5.73 Å². The first kappa shape index (κ1) is 14.3. The number of amides is 1. The quantitative estimate of drug-likeness (QED) is 0.788. The Kier molecular flexibility index (Phi) is 3.05. The van der Waals surface area contributed by atoms with Gasteiger partial charge in [0.2, 0.25) is 0 Å². The molecule has 0 aliphatic carbocycles. The number of benzene rings is 1. The van der Waals surface area contributed by atoms with E-state index in [1.807, 2.05) is 63.0 Å². The number of primary amides is 1. The van der Waals surface area contributed by atoms with E-state index in [-0.39, 0.29) is 5.54 Å². The van der Waals surface area contributed by atoms with Crippen molar-refractivity contribution in [1.29, 1.82) is 0 Å². The lowest BCUT2D eigenvalue weighted by atomic mass is 10.1. The molecule has 114 valence electrons. The van der Waals surface area contributed by atoms with E-state index in [9.17, 15) is 4.79 Å². The number of hydrogen-bond donors (Lipinski definition) is 1. The summed E-state index contributed by atoms with van der Waals surface area (Å²) in [5, 5.41) is 9.56. The molecule has 2 N–H and O–H groups in total. The van der Waals surface area contributed by atoms with Crippen molar-refractivity contribution in [3.05, 3.63) is 36.2 Å². The van der Waals surface area contributed by atoms with Crippen molar-refractivity contribution in [1.82, 2.24) is 19.6 Å². The van der Waals surface area contributed by atoms with E-state index in [0.29, 0.717) is 5.69 Å². The van der Waals surface area contributed by atoms with Gasteiger partial charge >= 0.3 is 0 Å². The molecule has 0 atom stereocenters. The molecule has 3 rings (SSSR count). The number of aryl methyl sites for hydroxylation is 1. The van der Waals surface area contributed by atoms with Gasteiger partial charge in [0, 0.05) is 24.2 Å². The van der Waals surface area contributed by atoms with Crippen LogP contribution in [0.15, 0.2) is 30.5 Å². The molecule has 2 aromatic heterocycles. The summed E-state index contributed by atoms with van der Waals surface area (Å²) in [6.45, 7) is 6.12. The Balaban J connectivity index is 2.27. The Morgan fingerprint density at radius 2 is 1.91 bits per heavy atom. The highest BCUT2D eigenvalue weighted by Crippen LogP contribution is 2.29. The molecule has 22 heavy (non-hydrogen) atoms. The predicted molar refractivity (Wildman–Crippen MR) is 85.4 cm³/mol. The van der Waals surface area contributed by atoms with Crippen LogP contribution < -0.4 is 5.73 Å². The lowest BCUT2D eigenvalue weighted by Gasteiger charge is -2.20. The van der Waals surface area contributed by atoms with Crippen LogP contribution in [-0.4, -0.2) is 25.5 Å². The lowest BCUT2D eigenvalue weighted by Crippen LogP contribution is -2.24. The monoisotopic (exact) mass is 297 g/mol. The standard InChI is InChI=1S/C16H19N5O/c1-16(2,3)21-13-6-5-10(12-7-8-20(4)18-12)9-11(13)14(19-21)15(17)22/h5-9H,1-4H3,(H2,17,22). The molecule has 0 aliphatic rings. The summed E-state index contributed by atoms with van der Waals surface area (Å²) >= 11 is 0. The average molecular weight is 297 g/mol. The van der Waals surface area contributed by atoms with Crippen LogP contribution in [0.1, 0.15) is 31.3 Å². The maximum Gasteiger partial charge on any atom is 0.269 e. The molecule has 0 radical (unpaired) electrons. The van der Waals surface area contributed by atoms with Crippen LogP contribution in [0.25, 0.3) is 22.2 Å². The maximum absolute atomic E-state index is 11.7. The minimum atomic E-state index is -0.522. The van der Waals surface area contributed by atoms with Crippen molar-refractivity contribution in [2.45, 2.75) is 26.3 Å². The van der Waals surface area contributed by atoms with Gasteiger partial charge in [-0.3, -0.25) is 14.2 Å². The van der Waals surface area contributed by atoms with E-state index in [0.717, 1.165) is 22.2 Å². The van der Waals surface area contributed by atoms with E-state index >= 15 is 0 Å². The van der Waals surface area contributed by atoms with Crippen LogP contribution in [0, 0.1) is 0 Å². The van der Waals surface area contributed by atoms with Gasteiger partial charge in [0.15, 0.2) is 5.69 Å². The van der Waals surface area contributed by atoms with Crippen molar-refractivity contribution in [3.63, 3.8) is 0 Å². The number of nitrogens with zero attached hydrogens (tertiary/aromatic N) is 4. The molecule has 1 aromatic carbocycles. The summed E-state index contributed by atoms with van der Waals surface area (Å²) in [6, 6.07) is 7.80. The topological polar surface area (TPSA) is 78.7 Å². The fourth-order valence-corrected chi connectivity index (χ4v) is 2.54. The van der Waals surface area contributed by atoms with Crippen LogP contribution in [0.5, 0.6) is 0 Å². The summed E-state index contributed by atoms with van der Waals surface area (Å²) < 4.78 is 3.58. The van der Waals surface area contributed by atoms with Gasteiger partial charge in [0.05, 0.1) is 16.7 Å². The normalized spacial score (nSPS) is 12.0. The predicted octanol–water partition coefficient (Wildman–Crippen LogP) is 2.29. The van der Waals surface area contributed by atoms with Crippen LogP contribution >= 0.6 is 0 Å². The third kappa shape index (κ3) is 2.26. The first-order chi connectivity index (χ1) is 10.3. The van der Waals surface area contributed by atoms with Gasteiger partial charge in [0.25, 0.3) is 5.91 Å². The largest absolute Gasteiger partial charge is 0.364 e. The van der Waals surface area contributed by atoms with Gasteiger partial charge in [-0.25, -0.2) is 0 Å². The number of fused-ring (bicyclic) bond motifs is 1. The molecule has 0 unspecified atom stereocenters. The van der Waals surface area contributed by atoms with Crippen molar-refractivity contribution < 1.29 is 4.79 Å². The van der Waals surface area contributed by atoms with Gasteiger partial charge < -0.3 is 5.73 Å². The van der Waals surface area contributed by atoms with Crippen LogP contribution in [0.2, 0.25) is 0 Å². The minimum Gasteiger partial charge on any atom is -0.364 e. The Bertz CT molecular complexity index is 866. The second-order valence-corrected chi connectivity index (χ2v) is 6.40. The molecule has 0 saturated heterocycles. The lowest BCUT2D eigenvalue weighted by molar-refractivity contribution is 0.0995. The molecule has 2 heterocycles. The van der Waals surface area contributed by atoms with Gasteiger partial charge in [0.1, 0.15) is 0 Å². The number of nitrogens with two attached hydrogens (primary N) is 1. The van der Waals surface area contributed by atoms with E-state index in [1.54, 1.807) is 4.68 Å². The molecular weight excluding hydrogens is 278 g/mol. The van der Waals surface area contributed by atoms with Gasteiger partial charge in [-0.2, -0.15) is 10.2 Å². The van der Waals surface area contributed by atoms with Gasteiger partial charge in [-0.1, -0.05) is 6.07 Å². The Morgan fingerprint density at radius 1 is 1.18 bits per heavy atom. The van der Waals surface area contributed by atoms with Crippen molar-refractivity contribution >= 4 is 16.8 Å². The first-order valence-corrected chi connectivity index (χ1v) is 7.10. The van der Waals surface area contributed by atoms with Crippen molar-refractivity contribution in [2.24, 2.45) is 12.8 Å². The molecule has 1 amide bonds. The summed E-state index contributed by atoms with van der Waals surface area (Å²) in [4.78, 5) is 11.7. The average Bonchev–Trinajstić information content (AvgIpc) is 3.00. The zero-order valence-electron chi connectivity index (χ0n) is 13.2. The van der Waals surface area contributed by atoms with E-state index < -0.39 is 5.91 Å². The molecular formula is C16H19N5O. The Labute approximate surface area is 128 Å². The third-order valence-electron chi connectivity index (χ3n) is 3.56. The number of rotatable bonds is 2. The highest BCUT2D eigenvalue weighted by atomic mass is 16.1. The van der Waals surface area contributed by atoms with Crippen molar-refractivity contribution in [3.8, 4) is 11.3 Å². The number of aromatic nitrogens is 4. The number of carbonyl (C=O) groups excluding carboxylic acids is 1. The van der Waals surface area contributed by atoms with Gasteiger partial charge in [-0.05, 0) is 39.0 Å². The summed E-state index contributed by atoms with van der Waals surface area (Å²) in [5.41, 5.74) is 8.23. The Hall–Kier alpha value is -2.63.